The Kier molecular flexibility index (Phi) is 37.7. The van der Waals surface area contributed by atoms with Crippen LogP contribution in [0.25, 0.3) is 0 Å². The minimum atomic E-state index is 0.0190. The van der Waals surface area contributed by atoms with Crippen molar-refractivity contribution in [1.29, 1.82) is 0 Å². The first kappa shape index (κ1) is 43.2. The molecular formula is C42H82O2. The second kappa shape index (κ2) is 38.4. The smallest absolute Gasteiger partial charge is 0.305 e. The Bertz CT molecular complexity index is 568. The van der Waals surface area contributed by atoms with Crippen molar-refractivity contribution in [3.05, 3.63) is 12.2 Å². The number of allylic oxidation sites excluding steroid dienone is 2. The lowest BCUT2D eigenvalue weighted by atomic mass is 9.99. The van der Waals surface area contributed by atoms with Gasteiger partial charge in [-0.05, 0) is 44.4 Å². The molecule has 0 saturated heterocycles. The first-order chi connectivity index (χ1) is 21.7. The maximum Gasteiger partial charge on any atom is 0.305 e. The minimum Gasteiger partial charge on any atom is -0.466 e. The minimum absolute atomic E-state index is 0.0190. The Hall–Kier alpha value is -0.790. The summed E-state index contributed by atoms with van der Waals surface area (Å²) in [5.74, 6) is 0.951. The summed E-state index contributed by atoms with van der Waals surface area (Å²) in [5.41, 5.74) is 0. The second-order valence-corrected chi connectivity index (χ2v) is 14.2. The zero-order valence-corrected chi connectivity index (χ0v) is 30.8. The van der Waals surface area contributed by atoms with E-state index in [2.05, 4.69) is 32.9 Å². The molecule has 0 radical (unpaired) electrons. The van der Waals surface area contributed by atoms with E-state index in [0.29, 0.717) is 13.0 Å². The van der Waals surface area contributed by atoms with Crippen LogP contribution in [0.15, 0.2) is 12.2 Å². The van der Waals surface area contributed by atoms with Gasteiger partial charge in [0.15, 0.2) is 0 Å². The SMILES string of the molecule is CCCCCCCC/C=C\CCCCCCCC(=O)OCCCCCCCCCCCCCCCCCCCCC(C)CC. The predicted octanol–water partition coefficient (Wildman–Crippen LogP) is 15.0. The zero-order valence-electron chi connectivity index (χ0n) is 30.8. The lowest BCUT2D eigenvalue weighted by Crippen LogP contribution is -2.05. The van der Waals surface area contributed by atoms with Gasteiger partial charge in [-0.1, -0.05) is 206 Å². The van der Waals surface area contributed by atoms with Crippen LogP contribution in [-0.4, -0.2) is 12.6 Å². The fourth-order valence-electron chi connectivity index (χ4n) is 6.23. The number of unbranched alkanes of at least 4 members (excludes halogenated alkanes) is 28. The summed E-state index contributed by atoms with van der Waals surface area (Å²) >= 11 is 0. The molecule has 1 atom stereocenters. The third kappa shape index (κ3) is 37.4. The number of ether oxygens (including phenoxy) is 1. The number of rotatable bonds is 37. The van der Waals surface area contributed by atoms with Crippen molar-refractivity contribution in [2.24, 2.45) is 5.92 Å². The second-order valence-electron chi connectivity index (χ2n) is 14.2. The Morgan fingerprint density at radius 3 is 1.27 bits per heavy atom. The number of esters is 1. The molecule has 0 spiro atoms. The average Bonchev–Trinajstić information content (AvgIpc) is 3.03. The Morgan fingerprint density at radius 1 is 0.477 bits per heavy atom. The summed E-state index contributed by atoms with van der Waals surface area (Å²) < 4.78 is 5.46. The molecule has 0 saturated carbocycles. The van der Waals surface area contributed by atoms with Gasteiger partial charge in [0.2, 0.25) is 0 Å². The molecule has 0 aliphatic heterocycles. The number of carbonyl (C=O) groups excluding carboxylic acids is 1. The number of hydrogen-bond donors (Lipinski definition) is 0. The number of carbonyl (C=O) groups is 1. The molecule has 1 unspecified atom stereocenters. The Balaban J connectivity index is 3.18. The molecule has 0 aromatic heterocycles. The summed E-state index contributed by atoms with van der Waals surface area (Å²) in [5, 5.41) is 0. The van der Waals surface area contributed by atoms with Crippen LogP contribution in [0.1, 0.15) is 239 Å². The van der Waals surface area contributed by atoms with Crippen LogP contribution < -0.4 is 0 Å². The van der Waals surface area contributed by atoms with Gasteiger partial charge < -0.3 is 4.74 Å². The van der Waals surface area contributed by atoms with Gasteiger partial charge in [-0.3, -0.25) is 4.79 Å². The standard InChI is InChI=1S/C42H82O2/c1-4-6-7-8-9-10-11-12-17-21-24-27-30-33-36-39-42(43)44-40-37-34-31-28-25-22-19-16-14-13-15-18-20-23-26-29-32-35-38-41(3)5-2/h12,17,41H,4-11,13-16,18-40H2,1-3H3/b17-12-. The average molecular weight is 619 g/mol. The van der Waals surface area contributed by atoms with Crippen LogP contribution in [0.2, 0.25) is 0 Å². The van der Waals surface area contributed by atoms with Crippen molar-refractivity contribution in [2.75, 3.05) is 6.61 Å². The molecule has 0 fully saturated rings. The Morgan fingerprint density at radius 2 is 0.841 bits per heavy atom. The lowest BCUT2D eigenvalue weighted by molar-refractivity contribution is -0.143. The molecule has 2 heteroatoms. The van der Waals surface area contributed by atoms with Crippen LogP contribution in [0.3, 0.4) is 0 Å². The van der Waals surface area contributed by atoms with E-state index in [1.807, 2.05) is 0 Å². The quantitative estimate of drug-likeness (QED) is 0.0393. The van der Waals surface area contributed by atoms with Crippen molar-refractivity contribution < 1.29 is 9.53 Å². The van der Waals surface area contributed by atoms with Gasteiger partial charge in [-0.2, -0.15) is 0 Å². The van der Waals surface area contributed by atoms with E-state index < -0.39 is 0 Å². The fourth-order valence-corrected chi connectivity index (χ4v) is 6.23. The van der Waals surface area contributed by atoms with Crippen LogP contribution in [0.4, 0.5) is 0 Å². The van der Waals surface area contributed by atoms with Crippen molar-refractivity contribution in [2.45, 2.75) is 239 Å². The molecule has 0 rings (SSSR count). The predicted molar refractivity (Wildman–Crippen MR) is 198 cm³/mol. The first-order valence-corrected chi connectivity index (χ1v) is 20.5. The van der Waals surface area contributed by atoms with Crippen LogP contribution >= 0.6 is 0 Å². The highest BCUT2D eigenvalue weighted by atomic mass is 16.5. The maximum atomic E-state index is 12.0. The van der Waals surface area contributed by atoms with Crippen molar-refractivity contribution >= 4 is 5.97 Å². The van der Waals surface area contributed by atoms with Gasteiger partial charge in [0.05, 0.1) is 6.61 Å². The normalized spacial score (nSPS) is 12.3. The first-order valence-electron chi connectivity index (χ1n) is 20.5. The summed E-state index contributed by atoms with van der Waals surface area (Å²) in [6, 6.07) is 0. The molecule has 0 aliphatic rings. The van der Waals surface area contributed by atoms with E-state index in [-0.39, 0.29) is 5.97 Å². The molecule has 0 heterocycles. The molecule has 0 aromatic rings. The molecule has 0 bridgehead atoms. The monoisotopic (exact) mass is 619 g/mol. The zero-order chi connectivity index (χ0) is 32.0. The van der Waals surface area contributed by atoms with Gasteiger partial charge in [-0.15, -0.1) is 0 Å². The van der Waals surface area contributed by atoms with E-state index in [9.17, 15) is 4.79 Å². The van der Waals surface area contributed by atoms with E-state index in [1.54, 1.807) is 0 Å². The van der Waals surface area contributed by atoms with E-state index in [1.165, 1.54) is 193 Å². The number of hydrogen-bond acceptors (Lipinski definition) is 2. The Labute approximate surface area is 278 Å². The van der Waals surface area contributed by atoms with Crippen LogP contribution in [-0.2, 0) is 9.53 Å². The summed E-state index contributed by atoms with van der Waals surface area (Å²) in [6.07, 6.45) is 50.0. The highest BCUT2D eigenvalue weighted by molar-refractivity contribution is 5.69. The molecule has 44 heavy (non-hydrogen) atoms. The van der Waals surface area contributed by atoms with Gasteiger partial charge in [0.25, 0.3) is 0 Å². The topological polar surface area (TPSA) is 26.3 Å². The molecule has 0 N–H and O–H groups in total. The molecule has 0 amide bonds. The molecule has 0 aliphatic carbocycles. The highest BCUT2D eigenvalue weighted by Gasteiger charge is 2.03. The third-order valence-corrected chi connectivity index (χ3v) is 9.69. The van der Waals surface area contributed by atoms with Gasteiger partial charge >= 0.3 is 5.97 Å². The fraction of sp³-hybridized carbons (Fsp3) is 0.929. The third-order valence-electron chi connectivity index (χ3n) is 9.69. The lowest BCUT2D eigenvalue weighted by Gasteiger charge is -2.07. The van der Waals surface area contributed by atoms with E-state index in [4.69, 9.17) is 4.74 Å². The van der Waals surface area contributed by atoms with Crippen molar-refractivity contribution in [3.63, 3.8) is 0 Å². The summed E-state index contributed by atoms with van der Waals surface area (Å²) in [7, 11) is 0. The van der Waals surface area contributed by atoms with Gasteiger partial charge in [0.1, 0.15) is 0 Å². The van der Waals surface area contributed by atoms with E-state index in [0.717, 1.165) is 25.2 Å². The van der Waals surface area contributed by atoms with Crippen molar-refractivity contribution in [1.82, 2.24) is 0 Å². The van der Waals surface area contributed by atoms with E-state index >= 15 is 0 Å². The highest BCUT2D eigenvalue weighted by Crippen LogP contribution is 2.17. The van der Waals surface area contributed by atoms with Crippen LogP contribution in [0, 0.1) is 5.92 Å². The molecule has 262 valence electrons. The van der Waals surface area contributed by atoms with Crippen LogP contribution in [0.5, 0.6) is 0 Å². The molecular weight excluding hydrogens is 536 g/mol. The van der Waals surface area contributed by atoms with Gasteiger partial charge in [-0.25, -0.2) is 0 Å². The summed E-state index contributed by atoms with van der Waals surface area (Å²) in [6.45, 7) is 7.62. The largest absolute Gasteiger partial charge is 0.466 e. The van der Waals surface area contributed by atoms with Gasteiger partial charge in [0, 0.05) is 6.42 Å². The van der Waals surface area contributed by atoms with Crippen molar-refractivity contribution in [3.8, 4) is 0 Å². The summed E-state index contributed by atoms with van der Waals surface area (Å²) in [4.78, 5) is 12.0. The maximum absolute atomic E-state index is 12.0. The molecule has 0 aromatic carbocycles. The molecule has 2 nitrogen and oxygen atoms in total.